The summed E-state index contributed by atoms with van der Waals surface area (Å²) >= 11 is 0. The Labute approximate surface area is 125 Å². The molecule has 0 aliphatic heterocycles. The minimum absolute atomic E-state index is 0.0733. The lowest BCUT2D eigenvalue weighted by Gasteiger charge is -2.28. The fraction of sp³-hybridized carbons (Fsp3) is 0.786. The van der Waals surface area contributed by atoms with Crippen LogP contribution in [0.5, 0.6) is 0 Å². The number of carboxylic acids is 1. The molecular formula is C14H25NO6. The average molecular weight is 303 g/mol. The molecule has 7 nitrogen and oxygen atoms in total. The maximum Gasteiger partial charge on any atom is 0.419 e. The average Bonchev–Trinajstić information content (AvgIpc) is 2.18. The second-order valence-electron chi connectivity index (χ2n) is 6.61. The molecule has 7 heteroatoms. The molecule has 0 rings (SSSR count). The minimum atomic E-state index is -0.997. The van der Waals surface area contributed by atoms with Gasteiger partial charge in [0.1, 0.15) is 11.2 Å². The fourth-order valence-electron chi connectivity index (χ4n) is 1.28. The fourth-order valence-corrected chi connectivity index (χ4v) is 1.28. The van der Waals surface area contributed by atoms with E-state index in [0.29, 0.717) is 0 Å². The van der Waals surface area contributed by atoms with Gasteiger partial charge in [0.15, 0.2) is 0 Å². The van der Waals surface area contributed by atoms with Crippen LogP contribution in [0.1, 0.15) is 54.4 Å². The predicted octanol–water partition coefficient (Wildman–Crippen LogP) is 3.02. The minimum Gasteiger partial charge on any atom is -0.481 e. The third-order valence-electron chi connectivity index (χ3n) is 2.00. The van der Waals surface area contributed by atoms with Crippen LogP contribution in [0.4, 0.5) is 9.59 Å². The maximum atomic E-state index is 12.0. The van der Waals surface area contributed by atoms with Crippen LogP contribution >= 0.6 is 0 Å². The topological polar surface area (TPSA) is 93.1 Å². The Bertz CT molecular complexity index is 363. The van der Waals surface area contributed by atoms with Crippen molar-refractivity contribution in [3.05, 3.63) is 0 Å². The highest BCUT2D eigenvalue weighted by Crippen LogP contribution is 2.15. The number of hydrogen-bond donors (Lipinski definition) is 1. The Morgan fingerprint density at radius 2 is 1.29 bits per heavy atom. The molecule has 0 spiro atoms. The molecule has 0 saturated carbocycles. The van der Waals surface area contributed by atoms with Gasteiger partial charge in [0.2, 0.25) is 0 Å². The van der Waals surface area contributed by atoms with Crippen molar-refractivity contribution in [1.29, 1.82) is 0 Å². The molecule has 0 aromatic carbocycles. The zero-order valence-corrected chi connectivity index (χ0v) is 13.6. The summed E-state index contributed by atoms with van der Waals surface area (Å²) in [7, 11) is 0. The Kier molecular flexibility index (Phi) is 6.66. The quantitative estimate of drug-likeness (QED) is 0.858. The lowest BCUT2D eigenvalue weighted by molar-refractivity contribution is -0.137. The SMILES string of the molecule is CC(C)(C)OC(=O)N(CCCC(=O)O)C(=O)OC(C)(C)C. The van der Waals surface area contributed by atoms with Gasteiger partial charge < -0.3 is 14.6 Å². The second-order valence-corrected chi connectivity index (χ2v) is 6.61. The number of aliphatic carboxylic acids is 1. The highest BCUT2D eigenvalue weighted by atomic mass is 16.6. The molecule has 0 bridgehead atoms. The molecule has 0 aromatic rings. The number of carboxylic acid groups (broad SMARTS) is 1. The molecule has 21 heavy (non-hydrogen) atoms. The molecule has 0 aliphatic rings. The Balaban J connectivity index is 4.87. The Morgan fingerprint density at radius 1 is 0.905 bits per heavy atom. The molecule has 0 atom stereocenters. The highest BCUT2D eigenvalue weighted by molar-refractivity contribution is 5.88. The van der Waals surface area contributed by atoms with Crippen molar-refractivity contribution >= 4 is 18.2 Å². The van der Waals surface area contributed by atoms with Gasteiger partial charge >= 0.3 is 18.2 Å². The maximum absolute atomic E-state index is 12.0. The van der Waals surface area contributed by atoms with Crippen molar-refractivity contribution in [3.63, 3.8) is 0 Å². The number of ether oxygens (including phenoxy) is 2. The first-order valence-corrected chi connectivity index (χ1v) is 6.77. The monoisotopic (exact) mass is 303 g/mol. The van der Waals surface area contributed by atoms with Crippen molar-refractivity contribution in [3.8, 4) is 0 Å². The molecule has 0 fully saturated rings. The number of hydrogen-bond acceptors (Lipinski definition) is 5. The normalized spacial score (nSPS) is 11.7. The Hall–Kier alpha value is -1.79. The molecule has 0 radical (unpaired) electrons. The van der Waals surface area contributed by atoms with Gasteiger partial charge in [0.05, 0.1) is 0 Å². The van der Waals surface area contributed by atoms with E-state index in [1.807, 2.05) is 0 Å². The van der Waals surface area contributed by atoms with E-state index in [0.717, 1.165) is 4.90 Å². The van der Waals surface area contributed by atoms with Gasteiger partial charge in [-0.3, -0.25) is 4.79 Å². The third kappa shape index (κ3) is 9.70. The number of rotatable bonds is 4. The van der Waals surface area contributed by atoms with Gasteiger partial charge in [0.25, 0.3) is 0 Å². The number of imide groups is 1. The van der Waals surface area contributed by atoms with Crippen molar-refractivity contribution in [2.45, 2.75) is 65.6 Å². The van der Waals surface area contributed by atoms with Crippen LogP contribution in [-0.2, 0) is 14.3 Å². The lowest BCUT2D eigenvalue weighted by atomic mass is 10.2. The van der Waals surface area contributed by atoms with Gasteiger partial charge in [-0.1, -0.05) is 0 Å². The third-order valence-corrected chi connectivity index (χ3v) is 2.00. The smallest absolute Gasteiger partial charge is 0.419 e. The van der Waals surface area contributed by atoms with Crippen LogP contribution in [0.25, 0.3) is 0 Å². The van der Waals surface area contributed by atoms with Crippen LogP contribution in [0.15, 0.2) is 0 Å². The van der Waals surface area contributed by atoms with E-state index in [2.05, 4.69) is 0 Å². The van der Waals surface area contributed by atoms with Crippen molar-refractivity contribution in [1.82, 2.24) is 4.90 Å². The van der Waals surface area contributed by atoms with E-state index in [1.54, 1.807) is 41.5 Å². The van der Waals surface area contributed by atoms with Crippen molar-refractivity contribution < 1.29 is 29.0 Å². The van der Waals surface area contributed by atoms with Gasteiger partial charge in [-0.25, -0.2) is 14.5 Å². The van der Waals surface area contributed by atoms with Crippen molar-refractivity contribution in [2.24, 2.45) is 0 Å². The molecule has 0 heterocycles. The number of nitrogens with zero attached hydrogens (tertiary/aromatic N) is 1. The van der Waals surface area contributed by atoms with Crippen LogP contribution < -0.4 is 0 Å². The summed E-state index contributed by atoms with van der Waals surface area (Å²) in [5, 5.41) is 8.63. The van der Waals surface area contributed by atoms with E-state index >= 15 is 0 Å². The van der Waals surface area contributed by atoms with E-state index in [9.17, 15) is 14.4 Å². The van der Waals surface area contributed by atoms with E-state index < -0.39 is 29.4 Å². The van der Waals surface area contributed by atoms with E-state index in [1.165, 1.54) is 0 Å². The molecule has 0 aromatic heterocycles. The standard InChI is InChI=1S/C14H25NO6/c1-13(2,3)20-11(18)15(9-7-8-10(16)17)12(19)21-14(4,5)6/h7-9H2,1-6H3,(H,16,17). The summed E-state index contributed by atoms with van der Waals surface area (Å²) < 4.78 is 10.3. The first-order valence-electron chi connectivity index (χ1n) is 6.77. The summed E-state index contributed by atoms with van der Waals surface area (Å²) in [6.07, 6.45) is -1.71. The number of amides is 2. The molecule has 1 N–H and O–H groups in total. The molecular weight excluding hydrogens is 278 g/mol. The largest absolute Gasteiger partial charge is 0.481 e. The zero-order valence-electron chi connectivity index (χ0n) is 13.6. The van der Waals surface area contributed by atoms with Gasteiger partial charge in [-0.05, 0) is 48.0 Å². The van der Waals surface area contributed by atoms with Crippen LogP contribution in [-0.4, -0.2) is 45.9 Å². The van der Waals surface area contributed by atoms with Crippen LogP contribution in [0.3, 0.4) is 0 Å². The molecule has 0 unspecified atom stereocenters. The molecule has 2 amide bonds. The summed E-state index contributed by atoms with van der Waals surface area (Å²) in [6.45, 7) is 9.98. The van der Waals surface area contributed by atoms with E-state index in [4.69, 9.17) is 14.6 Å². The Morgan fingerprint density at radius 3 is 1.57 bits per heavy atom. The molecule has 0 saturated heterocycles. The highest BCUT2D eigenvalue weighted by Gasteiger charge is 2.30. The summed E-state index contributed by atoms with van der Waals surface area (Å²) in [4.78, 5) is 35.4. The van der Waals surface area contributed by atoms with E-state index in [-0.39, 0.29) is 19.4 Å². The number of carbonyl (C=O) groups excluding carboxylic acids is 2. The summed E-state index contributed by atoms with van der Waals surface area (Å²) in [5.74, 6) is -0.997. The van der Waals surface area contributed by atoms with Gasteiger partial charge in [0, 0.05) is 13.0 Å². The van der Waals surface area contributed by atoms with Crippen LogP contribution in [0, 0.1) is 0 Å². The molecule has 122 valence electrons. The second kappa shape index (κ2) is 7.28. The predicted molar refractivity (Wildman–Crippen MR) is 76.0 cm³/mol. The first-order chi connectivity index (χ1) is 9.32. The van der Waals surface area contributed by atoms with Crippen molar-refractivity contribution in [2.75, 3.05) is 6.54 Å². The molecule has 0 aliphatic carbocycles. The summed E-state index contributed by atoms with van der Waals surface area (Å²) in [6, 6.07) is 0. The number of carbonyl (C=O) groups is 3. The zero-order chi connectivity index (χ0) is 16.8. The first kappa shape index (κ1) is 19.2. The lowest BCUT2D eigenvalue weighted by Crippen LogP contribution is -2.44. The van der Waals surface area contributed by atoms with Crippen LogP contribution in [0.2, 0.25) is 0 Å². The van der Waals surface area contributed by atoms with Gasteiger partial charge in [-0.15, -0.1) is 0 Å². The van der Waals surface area contributed by atoms with Gasteiger partial charge in [-0.2, -0.15) is 0 Å². The summed E-state index contributed by atoms with van der Waals surface area (Å²) in [5.41, 5.74) is -1.52.